The normalized spacial score (nSPS) is 23.0. The van der Waals surface area contributed by atoms with E-state index in [1.807, 2.05) is 38.1 Å². The Morgan fingerprint density at radius 1 is 1.32 bits per heavy atom. The van der Waals surface area contributed by atoms with Crippen molar-refractivity contribution in [3.63, 3.8) is 0 Å². The highest BCUT2D eigenvalue weighted by atomic mass is 16.5. The van der Waals surface area contributed by atoms with Crippen LogP contribution in [0, 0.1) is 12.3 Å². The van der Waals surface area contributed by atoms with Gasteiger partial charge in [-0.25, -0.2) is 9.59 Å². The highest BCUT2D eigenvalue weighted by Gasteiger charge is 2.48. The second kappa shape index (κ2) is 6.39. The molecule has 1 fully saturated rings. The van der Waals surface area contributed by atoms with Gasteiger partial charge in [-0.2, -0.15) is 0 Å². The number of benzene rings is 1. The monoisotopic (exact) mass is 342 g/mol. The van der Waals surface area contributed by atoms with Crippen molar-refractivity contribution in [3.8, 4) is 0 Å². The number of hydrogen-bond donors (Lipinski definition) is 0. The van der Waals surface area contributed by atoms with Gasteiger partial charge in [0.25, 0.3) is 0 Å². The summed E-state index contributed by atoms with van der Waals surface area (Å²) in [6.07, 6.45) is 0.341. The van der Waals surface area contributed by atoms with Crippen molar-refractivity contribution in [2.75, 3.05) is 13.2 Å². The number of ether oxygens (including phenoxy) is 3. The highest BCUT2D eigenvalue weighted by Crippen LogP contribution is 2.47. The molecule has 5 nitrogen and oxygen atoms in total. The molecule has 0 bridgehead atoms. The summed E-state index contributed by atoms with van der Waals surface area (Å²) in [5.74, 6) is 0.124. The Balaban J connectivity index is 2.16. The first-order chi connectivity index (χ1) is 11.9. The highest BCUT2D eigenvalue weighted by molar-refractivity contribution is 6.01. The summed E-state index contributed by atoms with van der Waals surface area (Å²) in [7, 11) is 0. The number of rotatable bonds is 3. The molecule has 0 radical (unpaired) electrons. The predicted octanol–water partition coefficient (Wildman–Crippen LogP) is 3.53. The summed E-state index contributed by atoms with van der Waals surface area (Å²) in [5, 5.41) is 0. The maximum absolute atomic E-state index is 12.4. The average Bonchev–Trinajstić information content (AvgIpc) is 2.78. The first-order valence-corrected chi connectivity index (χ1v) is 8.39. The van der Waals surface area contributed by atoms with Crippen molar-refractivity contribution in [1.82, 2.24) is 0 Å². The van der Waals surface area contributed by atoms with Gasteiger partial charge in [0.05, 0.1) is 17.8 Å². The minimum absolute atomic E-state index is 0.218. The van der Waals surface area contributed by atoms with Gasteiger partial charge >= 0.3 is 11.9 Å². The van der Waals surface area contributed by atoms with Crippen molar-refractivity contribution >= 4 is 17.7 Å². The quantitative estimate of drug-likeness (QED) is 0.787. The maximum Gasteiger partial charge on any atom is 0.338 e. The lowest BCUT2D eigenvalue weighted by Gasteiger charge is -2.21. The number of aryl methyl sites for hydroxylation is 1. The maximum atomic E-state index is 12.4. The van der Waals surface area contributed by atoms with Gasteiger partial charge < -0.3 is 14.2 Å². The Bertz CT molecular complexity index is 802. The zero-order valence-electron chi connectivity index (χ0n) is 15.0. The minimum atomic E-state index is -0.629. The summed E-state index contributed by atoms with van der Waals surface area (Å²) in [4.78, 5) is 24.8. The van der Waals surface area contributed by atoms with E-state index in [9.17, 15) is 9.59 Å². The van der Waals surface area contributed by atoms with E-state index in [-0.39, 0.29) is 13.2 Å². The molecule has 2 aliphatic heterocycles. The van der Waals surface area contributed by atoms with Crippen LogP contribution >= 0.6 is 0 Å². The van der Waals surface area contributed by atoms with Crippen molar-refractivity contribution in [2.45, 2.75) is 34.1 Å². The van der Waals surface area contributed by atoms with Crippen LogP contribution in [-0.4, -0.2) is 25.2 Å². The molecule has 2 aliphatic rings. The number of cyclic esters (lactones) is 1. The van der Waals surface area contributed by atoms with Gasteiger partial charge in [0.2, 0.25) is 0 Å². The molecule has 1 aromatic rings. The Labute approximate surface area is 147 Å². The molecule has 0 aliphatic carbocycles. The number of fused-ring (bicyclic) bond motifs is 1. The van der Waals surface area contributed by atoms with Gasteiger partial charge in [0, 0.05) is 11.0 Å². The van der Waals surface area contributed by atoms with E-state index in [0.717, 1.165) is 11.1 Å². The van der Waals surface area contributed by atoms with E-state index in [2.05, 4.69) is 0 Å². The summed E-state index contributed by atoms with van der Waals surface area (Å²) in [6, 6.07) is 7.74. The van der Waals surface area contributed by atoms with Gasteiger partial charge in [0.15, 0.2) is 0 Å². The molecule has 25 heavy (non-hydrogen) atoms. The van der Waals surface area contributed by atoms with E-state index < -0.39 is 17.4 Å². The second-order valence-electron chi connectivity index (χ2n) is 6.74. The zero-order chi connectivity index (χ0) is 18.2. The molecule has 2 heterocycles. The van der Waals surface area contributed by atoms with Crippen molar-refractivity contribution in [3.05, 3.63) is 52.3 Å². The average molecular weight is 342 g/mol. The molecule has 5 heteroatoms. The summed E-state index contributed by atoms with van der Waals surface area (Å²) in [5.41, 5.74) is 2.15. The van der Waals surface area contributed by atoms with Gasteiger partial charge in [-0.05, 0) is 33.3 Å². The summed E-state index contributed by atoms with van der Waals surface area (Å²) < 4.78 is 16.5. The molecule has 0 aromatic heterocycles. The number of hydrogen-bond acceptors (Lipinski definition) is 5. The third-order valence-electron chi connectivity index (χ3n) is 4.61. The fraction of sp³-hybridized carbons (Fsp3) is 0.400. The van der Waals surface area contributed by atoms with Crippen LogP contribution in [0.5, 0.6) is 0 Å². The van der Waals surface area contributed by atoms with Crippen LogP contribution in [0.25, 0.3) is 5.76 Å². The first-order valence-electron chi connectivity index (χ1n) is 8.39. The molecule has 0 amide bonds. The minimum Gasteiger partial charge on any atom is -0.463 e. The standard InChI is InChI=1S/C20H22O5/c1-5-23-18(21)15-10-20(4)11-24-19(22)16(20)17(25-13(15)3)14-8-6-7-12(2)9-14/h6-9H,5,10-11H2,1-4H3. The fourth-order valence-corrected chi connectivity index (χ4v) is 3.33. The lowest BCUT2D eigenvalue weighted by molar-refractivity contribution is -0.139. The molecule has 1 saturated heterocycles. The van der Waals surface area contributed by atoms with Crippen LogP contribution in [-0.2, 0) is 23.8 Å². The molecular weight excluding hydrogens is 320 g/mol. The van der Waals surface area contributed by atoms with Gasteiger partial charge in [-0.1, -0.05) is 30.7 Å². The molecule has 0 N–H and O–H groups in total. The van der Waals surface area contributed by atoms with Gasteiger partial charge in [-0.3, -0.25) is 0 Å². The lowest BCUT2D eigenvalue weighted by atomic mass is 9.78. The topological polar surface area (TPSA) is 61.8 Å². The number of esters is 2. The van der Waals surface area contributed by atoms with E-state index in [1.165, 1.54) is 0 Å². The van der Waals surface area contributed by atoms with E-state index in [1.54, 1.807) is 13.8 Å². The van der Waals surface area contributed by atoms with Crippen LogP contribution in [0.15, 0.2) is 41.2 Å². The Morgan fingerprint density at radius 3 is 2.76 bits per heavy atom. The number of allylic oxidation sites excluding steroid dienone is 1. The summed E-state index contributed by atoms with van der Waals surface area (Å²) >= 11 is 0. The van der Waals surface area contributed by atoms with Gasteiger partial charge in [0.1, 0.15) is 18.1 Å². The fourth-order valence-electron chi connectivity index (χ4n) is 3.33. The largest absolute Gasteiger partial charge is 0.463 e. The SMILES string of the molecule is CCOC(=O)C1=C(C)OC(c2cccc(C)c2)=C2C(=O)OCC2(C)C1. The zero-order valence-corrected chi connectivity index (χ0v) is 15.0. The number of carbonyl (C=O) groups is 2. The van der Waals surface area contributed by atoms with Gasteiger partial charge in [-0.15, -0.1) is 0 Å². The predicted molar refractivity (Wildman–Crippen MR) is 92.2 cm³/mol. The molecule has 1 unspecified atom stereocenters. The van der Waals surface area contributed by atoms with Crippen molar-refractivity contribution in [1.29, 1.82) is 0 Å². The molecule has 0 saturated carbocycles. The van der Waals surface area contributed by atoms with Crippen LogP contribution in [0.3, 0.4) is 0 Å². The Morgan fingerprint density at radius 2 is 2.08 bits per heavy atom. The third-order valence-corrected chi connectivity index (χ3v) is 4.61. The molecular formula is C20H22O5. The van der Waals surface area contributed by atoms with Crippen molar-refractivity contribution < 1.29 is 23.8 Å². The first kappa shape index (κ1) is 17.3. The van der Waals surface area contributed by atoms with E-state index in [0.29, 0.717) is 29.1 Å². The van der Waals surface area contributed by atoms with Crippen LogP contribution in [0.1, 0.15) is 38.3 Å². The van der Waals surface area contributed by atoms with Crippen LogP contribution in [0.4, 0.5) is 0 Å². The molecule has 3 rings (SSSR count). The number of carbonyl (C=O) groups excluding carboxylic acids is 2. The summed E-state index contributed by atoms with van der Waals surface area (Å²) in [6.45, 7) is 7.90. The second-order valence-corrected chi connectivity index (χ2v) is 6.74. The van der Waals surface area contributed by atoms with E-state index >= 15 is 0 Å². The molecule has 132 valence electrons. The molecule has 1 atom stereocenters. The third kappa shape index (κ3) is 3.06. The smallest absolute Gasteiger partial charge is 0.338 e. The Hall–Kier alpha value is -2.56. The van der Waals surface area contributed by atoms with Crippen LogP contribution < -0.4 is 0 Å². The van der Waals surface area contributed by atoms with E-state index in [4.69, 9.17) is 14.2 Å². The van der Waals surface area contributed by atoms with Crippen molar-refractivity contribution in [2.24, 2.45) is 5.41 Å². The van der Waals surface area contributed by atoms with Crippen LogP contribution in [0.2, 0.25) is 0 Å². The lowest BCUT2D eigenvalue weighted by Crippen LogP contribution is -2.23. The molecule has 0 spiro atoms. The molecule has 1 aromatic carbocycles. The Kier molecular flexibility index (Phi) is 4.41.